The van der Waals surface area contributed by atoms with Crippen LogP contribution in [0.4, 0.5) is 13.2 Å². The van der Waals surface area contributed by atoms with Crippen molar-refractivity contribution in [1.82, 2.24) is 5.32 Å². The van der Waals surface area contributed by atoms with Gasteiger partial charge in [-0.05, 0) is 13.3 Å². The molecule has 0 bridgehead atoms. The lowest BCUT2D eigenvalue weighted by Crippen LogP contribution is -2.35. The minimum Gasteiger partial charge on any atom is -0.480 e. The van der Waals surface area contributed by atoms with Gasteiger partial charge in [0.2, 0.25) is 0 Å². The van der Waals surface area contributed by atoms with Crippen molar-refractivity contribution in [2.45, 2.75) is 39.0 Å². The summed E-state index contributed by atoms with van der Waals surface area (Å²) < 4.78 is 42.6. The number of hydrogen-bond acceptors (Lipinski definition) is 3. The molecule has 0 aliphatic rings. The number of halogens is 3. The first-order valence-corrected chi connectivity index (χ1v) is 5.37. The summed E-state index contributed by atoms with van der Waals surface area (Å²) in [4.78, 5) is 10.7. The summed E-state index contributed by atoms with van der Waals surface area (Å²) in [6, 6.07) is -0.875. The molecular weight excluding hydrogens is 251 g/mol. The summed E-state index contributed by atoms with van der Waals surface area (Å²) in [5.74, 6) is -0.956. The lowest BCUT2D eigenvalue weighted by molar-refractivity contribution is -0.139. The van der Waals surface area contributed by atoms with Gasteiger partial charge in [-0.25, -0.2) is 0 Å². The van der Waals surface area contributed by atoms with E-state index >= 15 is 0 Å². The Balaban J connectivity index is 2.85. The van der Waals surface area contributed by atoms with Crippen molar-refractivity contribution >= 4 is 5.97 Å². The van der Waals surface area contributed by atoms with Crippen LogP contribution in [-0.4, -0.2) is 17.1 Å². The van der Waals surface area contributed by atoms with E-state index in [1.165, 1.54) is 6.92 Å². The Morgan fingerprint density at radius 1 is 1.56 bits per heavy atom. The van der Waals surface area contributed by atoms with Gasteiger partial charge in [0.15, 0.2) is 0 Å². The van der Waals surface area contributed by atoms with Gasteiger partial charge in [-0.2, -0.15) is 13.2 Å². The maximum Gasteiger partial charge on any atom is 0.419 e. The number of furan rings is 1. The molecule has 4 nitrogen and oxygen atoms in total. The molecule has 0 amide bonds. The van der Waals surface area contributed by atoms with E-state index in [0.717, 1.165) is 0 Å². The zero-order chi connectivity index (χ0) is 13.9. The quantitative estimate of drug-likeness (QED) is 0.858. The molecule has 0 aromatic carbocycles. The van der Waals surface area contributed by atoms with Gasteiger partial charge in [0.05, 0.1) is 5.56 Å². The summed E-state index contributed by atoms with van der Waals surface area (Å²) in [6.45, 7) is 2.86. The number of carbonyl (C=O) groups is 1. The van der Waals surface area contributed by atoms with Gasteiger partial charge in [-0.3, -0.25) is 4.79 Å². The summed E-state index contributed by atoms with van der Waals surface area (Å²) in [7, 11) is 0. The maximum absolute atomic E-state index is 12.6. The van der Waals surface area contributed by atoms with Gasteiger partial charge in [0.25, 0.3) is 0 Å². The summed E-state index contributed by atoms with van der Waals surface area (Å²) in [5.41, 5.74) is -0.921. The van der Waals surface area contributed by atoms with E-state index in [4.69, 9.17) is 9.52 Å². The molecule has 1 rings (SSSR count). The molecule has 0 saturated heterocycles. The fourth-order valence-electron chi connectivity index (χ4n) is 1.57. The number of alkyl halides is 3. The molecule has 0 spiro atoms. The van der Waals surface area contributed by atoms with Crippen LogP contribution >= 0.6 is 0 Å². The molecule has 7 heteroatoms. The van der Waals surface area contributed by atoms with Crippen LogP contribution in [0.1, 0.15) is 30.2 Å². The molecule has 18 heavy (non-hydrogen) atoms. The summed E-state index contributed by atoms with van der Waals surface area (Å²) in [6.07, 6.45) is -3.57. The lowest BCUT2D eigenvalue weighted by Gasteiger charge is -2.13. The van der Waals surface area contributed by atoms with Crippen LogP contribution in [-0.2, 0) is 17.5 Å². The first-order valence-electron chi connectivity index (χ1n) is 5.37. The summed E-state index contributed by atoms with van der Waals surface area (Å²) in [5, 5.41) is 11.4. The van der Waals surface area contributed by atoms with Gasteiger partial charge in [-0.1, -0.05) is 6.92 Å². The van der Waals surface area contributed by atoms with Gasteiger partial charge < -0.3 is 14.8 Å². The normalized spacial score (nSPS) is 13.6. The fourth-order valence-corrected chi connectivity index (χ4v) is 1.57. The number of carboxylic acids is 1. The number of rotatable bonds is 5. The third kappa shape index (κ3) is 3.25. The first kappa shape index (κ1) is 14.6. The van der Waals surface area contributed by atoms with Crippen LogP contribution in [0.15, 0.2) is 10.7 Å². The predicted molar refractivity (Wildman–Crippen MR) is 57.0 cm³/mol. The van der Waals surface area contributed by atoms with E-state index in [2.05, 4.69) is 5.32 Å². The largest absolute Gasteiger partial charge is 0.480 e. The Hall–Kier alpha value is -1.50. The van der Waals surface area contributed by atoms with Crippen molar-refractivity contribution in [3.05, 3.63) is 23.2 Å². The van der Waals surface area contributed by atoms with Crippen LogP contribution < -0.4 is 5.32 Å². The van der Waals surface area contributed by atoms with Crippen LogP contribution in [0, 0.1) is 6.92 Å². The average Bonchev–Trinajstić information content (AvgIpc) is 2.60. The van der Waals surface area contributed by atoms with E-state index in [9.17, 15) is 18.0 Å². The molecular formula is C11H14F3NO3. The number of hydrogen-bond donors (Lipinski definition) is 2. The first-order chi connectivity index (χ1) is 8.27. The zero-order valence-electron chi connectivity index (χ0n) is 9.97. The lowest BCUT2D eigenvalue weighted by atomic mass is 10.1. The van der Waals surface area contributed by atoms with Crippen molar-refractivity contribution in [2.75, 3.05) is 0 Å². The minimum atomic E-state index is -4.50. The van der Waals surface area contributed by atoms with E-state index in [1.54, 1.807) is 6.92 Å². The van der Waals surface area contributed by atoms with Crippen molar-refractivity contribution in [3.63, 3.8) is 0 Å². The van der Waals surface area contributed by atoms with Crippen molar-refractivity contribution in [1.29, 1.82) is 0 Å². The van der Waals surface area contributed by atoms with E-state index in [1.807, 2.05) is 0 Å². The molecule has 102 valence electrons. The third-order valence-corrected chi connectivity index (χ3v) is 2.64. The van der Waals surface area contributed by atoms with Gasteiger partial charge in [0.1, 0.15) is 18.1 Å². The highest BCUT2D eigenvalue weighted by Gasteiger charge is 2.36. The van der Waals surface area contributed by atoms with E-state index in [0.29, 0.717) is 6.26 Å². The molecule has 2 N–H and O–H groups in total. The van der Waals surface area contributed by atoms with Gasteiger partial charge >= 0.3 is 12.1 Å². The smallest absolute Gasteiger partial charge is 0.419 e. The van der Waals surface area contributed by atoms with Gasteiger partial charge in [-0.15, -0.1) is 0 Å². The predicted octanol–water partition coefficient (Wildman–Crippen LogP) is 2.56. The molecule has 0 fully saturated rings. The monoisotopic (exact) mass is 265 g/mol. The Bertz CT molecular complexity index is 426. The molecule has 1 heterocycles. The minimum absolute atomic E-state index is 0.0535. The highest BCUT2D eigenvalue weighted by atomic mass is 19.4. The third-order valence-electron chi connectivity index (χ3n) is 2.64. The second-order valence-corrected chi connectivity index (χ2v) is 3.86. The van der Waals surface area contributed by atoms with Crippen LogP contribution in [0.3, 0.4) is 0 Å². The zero-order valence-corrected chi connectivity index (χ0v) is 9.97. The molecule has 1 atom stereocenters. The van der Waals surface area contributed by atoms with Crippen LogP contribution in [0.25, 0.3) is 0 Å². The topological polar surface area (TPSA) is 62.5 Å². The molecule has 1 aromatic rings. The SMILES string of the molecule is CC[C@@H](NCc1c(C(F)(F)F)coc1C)C(=O)O. The van der Waals surface area contributed by atoms with Crippen molar-refractivity contribution < 1.29 is 27.5 Å². The Kier molecular flexibility index (Phi) is 4.39. The molecule has 1 aromatic heterocycles. The highest BCUT2D eigenvalue weighted by molar-refractivity contribution is 5.73. The number of aryl methyl sites for hydroxylation is 1. The molecule has 0 saturated carbocycles. The maximum atomic E-state index is 12.6. The van der Waals surface area contributed by atoms with Gasteiger partial charge in [0, 0.05) is 12.1 Å². The summed E-state index contributed by atoms with van der Waals surface area (Å²) >= 11 is 0. The Morgan fingerprint density at radius 2 is 2.17 bits per heavy atom. The Labute approximate surface area is 102 Å². The number of aliphatic carboxylic acids is 1. The molecule has 0 radical (unpaired) electrons. The van der Waals surface area contributed by atoms with E-state index < -0.39 is 23.8 Å². The fraction of sp³-hybridized carbons (Fsp3) is 0.545. The highest BCUT2D eigenvalue weighted by Crippen LogP contribution is 2.34. The Morgan fingerprint density at radius 3 is 2.61 bits per heavy atom. The molecule has 0 unspecified atom stereocenters. The number of carboxylic acid groups (broad SMARTS) is 1. The van der Waals surface area contributed by atoms with Crippen LogP contribution in [0.2, 0.25) is 0 Å². The van der Waals surface area contributed by atoms with Crippen LogP contribution in [0.5, 0.6) is 0 Å². The van der Waals surface area contributed by atoms with E-state index in [-0.39, 0.29) is 24.3 Å². The number of nitrogens with one attached hydrogen (secondary N) is 1. The average molecular weight is 265 g/mol. The second-order valence-electron chi connectivity index (χ2n) is 3.86. The van der Waals surface area contributed by atoms with Crippen molar-refractivity contribution in [2.24, 2.45) is 0 Å². The molecule has 0 aliphatic carbocycles. The molecule has 0 aliphatic heterocycles. The standard InChI is InChI=1S/C11H14F3NO3/c1-3-9(10(16)17)15-4-7-6(2)18-5-8(7)11(12,13)14/h5,9,15H,3-4H2,1-2H3,(H,16,17)/t9-/m1/s1. The second kappa shape index (κ2) is 5.43. The van der Waals surface area contributed by atoms with Crippen molar-refractivity contribution in [3.8, 4) is 0 Å².